The lowest BCUT2D eigenvalue weighted by Crippen LogP contribution is -2.05. The Morgan fingerprint density at radius 1 is 1.05 bits per heavy atom. The molecule has 0 saturated heterocycles. The second kappa shape index (κ2) is 7.31. The lowest BCUT2D eigenvalue weighted by Gasteiger charge is -2.10. The molecule has 0 amide bonds. The number of non-ortho nitro benzene ring substituents is 1. The van der Waals surface area contributed by atoms with Gasteiger partial charge in [-0.1, -0.05) is 6.07 Å². The molecule has 0 fully saturated rings. The van der Waals surface area contributed by atoms with Crippen LogP contribution in [0, 0.1) is 10.1 Å². The average Bonchev–Trinajstić information content (AvgIpc) is 2.55. The number of ether oxygens (including phenoxy) is 2. The molecule has 0 atom stereocenters. The maximum absolute atomic E-state index is 10.6. The molecule has 6 heteroatoms. The first-order valence-corrected chi connectivity index (χ1v) is 6.83. The van der Waals surface area contributed by atoms with Crippen molar-refractivity contribution in [3.05, 3.63) is 58.1 Å². The minimum atomic E-state index is -0.409. The molecule has 0 radical (unpaired) electrons. The van der Waals surface area contributed by atoms with Crippen molar-refractivity contribution in [3.8, 4) is 11.5 Å². The van der Waals surface area contributed by atoms with Gasteiger partial charge in [-0.15, -0.1) is 0 Å². The number of nitrogens with one attached hydrogen (secondary N) is 1. The van der Waals surface area contributed by atoms with Gasteiger partial charge in [0.15, 0.2) is 11.5 Å². The predicted molar refractivity (Wildman–Crippen MR) is 84.8 cm³/mol. The van der Waals surface area contributed by atoms with E-state index in [1.807, 2.05) is 18.2 Å². The standard InChI is InChI=1S/C16H18N2O4/c1-21-15-8-3-12(11-16(15)22-2)9-10-17-13-4-6-14(7-5-13)18(19)20/h3-8,11,17H,9-10H2,1-2H3. The van der Waals surface area contributed by atoms with E-state index in [0.717, 1.165) is 17.7 Å². The van der Waals surface area contributed by atoms with Gasteiger partial charge in [0.25, 0.3) is 5.69 Å². The summed E-state index contributed by atoms with van der Waals surface area (Å²) in [6.45, 7) is 0.716. The summed E-state index contributed by atoms with van der Waals surface area (Å²) < 4.78 is 10.5. The Balaban J connectivity index is 1.92. The second-order valence-electron chi connectivity index (χ2n) is 4.67. The van der Waals surface area contributed by atoms with Gasteiger partial charge in [-0.3, -0.25) is 10.1 Å². The molecule has 116 valence electrons. The summed E-state index contributed by atoms with van der Waals surface area (Å²) in [7, 11) is 3.21. The summed E-state index contributed by atoms with van der Waals surface area (Å²) in [5.74, 6) is 1.41. The van der Waals surface area contributed by atoms with Crippen LogP contribution in [-0.2, 0) is 6.42 Å². The molecule has 0 aliphatic carbocycles. The van der Waals surface area contributed by atoms with Gasteiger partial charge >= 0.3 is 0 Å². The number of benzene rings is 2. The number of rotatable bonds is 7. The van der Waals surface area contributed by atoms with Crippen LogP contribution in [0.25, 0.3) is 0 Å². The quantitative estimate of drug-likeness (QED) is 0.627. The molecule has 0 aromatic heterocycles. The highest BCUT2D eigenvalue weighted by atomic mass is 16.6. The number of hydrogen-bond donors (Lipinski definition) is 1. The third-order valence-corrected chi connectivity index (χ3v) is 3.27. The number of nitro benzene ring substituents is 1. The van der Waals surface area contributed by atoms with Crippen molar-refractivity contribution in [1.29, 1.82) is 0 Å². The number of hydrogen-bond acceptors (Lipinski definition) is 5. The molecule has 0 aliphatic heterocycles. The Labute approximate surface area is 128 Å². The van der Waals surface area contributed by atoms with Crippen molar-refractivity contribution >= 4 is 11.4 Å². The van der Waals surface area contributed by atoms with Gasteiger partial charge < -0.3 is 14.8 Å². The summed E-state index contributed by atoms with van der Waals surface area (Å²) >= 11 is 0. The van der Waals surface area contributed by atoms with Crippen molar-refractivity contribution in [3.63, 3.8) is 0 Å². The first-order valence-electron chi connectivity index (χ1n) is 6.83. The molecular formula is C16H18N2O4. The molecule has 0 spiro atoms. The molecule has 1 N–H and O–H groups in total. The largest absolute Gasteiger partial charge is 0.493 e. The van der Waals surface area contributed by atoms with E-state index in [4.69, 9.17) is 9.47 Å². The number of nitro groups is 1. The van der Waals surface area contributed by atoms with E-state index in [2.05, 4.69) is 5.32 Å². The topological polar surface area (TPSA) is 73.6 Å². The van der Waals surface area contributed by atoms with Crippen LogP contribution in [0.15, 0.2) is 42.5 Å². The zero-order valence-corrected chi connectivity index (χ0v) is 12.5. The monoisotopic (exact) mass is 302 g/mol. The van der Waals surface area contributed by atoms with Crippen molar-refractivity contribution < 1.29 is 14.4 Å². The molecule has 0 aliphatic rings. The van der Waals surface area contributed by atoms with E-state index in [1.54, 1.807) is 26.4 Å². The molecule has 6 nitrogen and oxygen atoms in total. The molecule has 0 unspecified atom stereocenters. The van der Waals surface area contributed by atoms with Gasteiger partial charge in [-0.25, -0.2) is 0 Å². The summed E-state index contributed by atoms with van der Waals surface area (Å²) in [6, 6.07) is 12.2. The van der Waals surface area contributed by atoms with Crippen LogP contribution in [-0.4, -0.2) is 25.7 Å². The third kappa shape index (κ3) is 3.88. The molecular weight excluding hydrogens is 284 g/mol. The second-order valence-corrected chi connectivity index (χ2v) is 4.67. The number of anilines is 1. The highest BCUT2D eigenvalue weighted by Crippen LogP contribution is 2.27. The number of nitrogens with zero attached hydrogens (tertiary/aromatic N) is 1. The van der Waals surface area contributed by atoms with Crippen LogP contribution in [0.3, 0.4) is 0 Å². The van der Waals surface area contributed by atoms with Gasteiger partial charge in [0.2, 0.25) is 0 Å². The third-order valence-electron chi connectivity index (χ3n) is 3.27. The van der Waals surface area contributed by atoms with Crippen LogP contribution < -0.4 is 14.8 Å². The summed E-state index contributed by atoms with van der Waals surface area (Å²) in [4.78, 5) is 10.2. The maximum Gasteiger partial charge on any atom is 0.269 e. The van der Waals surface area contributed by atoms with E-state index < -0.39 is 4.92 Å². The molecule has 2 rings (SSSR count). The highest BCUT2D eigenvalue weighted by Gasteiger charge is 2.05. The van der Waals surface area contributed by atoms with Gasteiger partial charge in [0.05, 0.1) is 19.1 Å². The summed E-state index contributed by atoms with van der Waals surface area (Å²) in [5, 5.41) is 13.8. The van der Waals surface area contributed by atoms with Gasteiger partial charge in [0, 0.05) is 24.4 Å². The van der Waals surface area contributed by atoms with Gasteiger partial charge in [-0.2, -0.15) is 0 Å². The lowest BCUT2D eigenvalue weighted by atomic mass is 10.1. The van der Waals surface area contributed by atoms with Crippen LogP contribution >= 0.6 is 0 Å². The molecule has 0 saturated carbocycles. The molecule has 0 bridgehead atoms. The maximum atomic E-state index is 10.6. The Kier molecular flexibility index (Phi) is 5.19. The summed E-state index contributed by atoms with van der Waals surface area (Å²) in [5.41, 5.74) is 2.06. The minimum absolute atomic E-state index is 0.0884. The first-order chi connectivity index (χ1) is 10.6. The van der Waals surface area contributed by atoms with Crippen LogP contribution in [0.1, 0.15) is 5.56 Å². The van der Waals surface area contributed by atoms with Crippen molar-refractivity contribution in [2.75, 3.05) is 26.1 Å². The molecule has 2 aromatic rings. The van der Waals surface area contributed by atoms with Crippen LogP contribution in [0.4, 0.5) is 11.4 Å². The van der Waals surface area contributed by atoms with Crippen LogP contribution in [0.2, 0.25) is 0 Å². The summed E-state index contributed by atoms with van der Waals surface area (Å²) in [6.07, 6.45) is 0.803. The van der Waals surface area contributed by atoms with E-state index >= 15 is 0 Å². The fourth-order valence-electron chi connectivity index (χ4n) is 2.09. The van der Waals surface area contributed by atoms with Gasteiger partial charge in [-0.05, 0) is 36.2 Å². The Hall–Kier alpha value is -2.76. The smallest absolute Gasteiger partial charge is 0.269 e. The predicted octanol–water partition coefficient (Wildman–Crippen LogP) is 3.27. The number of methoxy groups -OCH3 is 2. The van der Waals surface area contributed by atoms with Crippen molar-refractivity contribution in [1.82, 2.24) is 0 Å². The Morgan fingerprint density at radius 2 is 1.73 bits per heavy atom. The van der Waals surface area contributed by atoms with Crippen LogP contribution in [0.5, 0.6) is 11.5 Å². The highest BCUT2D eigenvalue weighted by molar-refractivity contribution is 5.49. The van der Waals surface area contributed by atoms with Crippen molar-refractivity contribution in [2.45, 2.75) is 6.42 Å². The van der Waals surface area contributed by atoms with Gasteiger partial charge in [0.1, 0.15) is 0 Å². The molecule has 2 aromatic carbocycles. The lowest BCUT2D eigenvalue weighted by molar-refractivity contribution is -0.384. The molecule has 22 heavy (non-hydrogen) atoms. The molecule has 0 heterocycles. The van der Waals surface area contributed by atoms with E-state index in [-0.39, 0.29) is 5.69 Å². The van der Waals surface area contributed by atoms with E-state index in [0.29, 0.717) is 18.0 Å². The Bertz CT molecular complexity index is 641. The Morgan fingerprint density at radius 3 is 2.32 bits per heavy atom. The average molecular weight is 302 g/mol. The fourth-order valence-corrected chi connectivity index (χ4v) is 2.09. The first kappa shape index (κ1) is 15.6. The zero-order valence-electron chi connectivity index (χ0n) is 12.5. The normalized spacial score (nSPS) is 10.1. The SMILES string of the molecule is COc1ccc(CCNc2ccc([N+](=O)[O-])cc2)cc1OC. The zero-order chi connectivity index (χ0) is 15.9. The fraction of sp³-hybridized carbons (Fsp3) is 0.250. The minimum Gasteiger partial charge on any atom is -0.493 e. The van der Waals surface area contributed by atoms with E-state index in [1.165, 1.54) is 12.1 Å². The van der Waals surface area contributed by atoms with Crippen molar-refractivity contribution in [2.24, 2.45) is 0 Å². The van der Waals surface area contributed by atoms with E-state index in [9.17, 15) is 10.1 Å².